The minimum absolute atomic E-state index is 0.0341. The fourth-order valence-corrected chi connectivity index (χ4v) is 8.57. The Morgan fingerprint density at radius 1 is 1.15 bits per heavy atom. The van der Waals surface area contributed by atoms with Crippen molar-refractivity contribution < 1.29 is 23.1 Å². The number of aromatic nitrogens is 3. The molecule has 280 valence electrons. The maximum Gasteiger partial charge on any atom is 0.318 e. The average Bonchev–Trinajstić information content (AvgIpc) is 3.85. The van der Waals surface area contributed by atoms with Gasteiger partial charge in [-0.1, -0.05) is 23.7 Å². The van der Waals surface area contributed by atoms with Crippen molar-refractivity contribution in [2.75, 3.05) is 63.4 Å². The summed E-state index contributed by atoms with van der Waals surface area (Å²) in [6, 6.07) is 8.77. The van der Waals surface area contributed by atoms with Crippen LogP contribution in [0.25, 0.3) is 32.1 Å². The van der Waals surface area contributed by atoms with Gasteiger partial charge in [0.2, 0.25) is 0 Å². The number of hydrogen-bond acceptors (Lipinski definition) is 13. The number of ether oxygens (including phenoxy) is 2. The maximum absolute atomic E-state index is 16.6. The molecule has 0 bridgehead atoms. The minimum Gasteiger partial charge on any atom is -0.489 e. The monoisotopic (exact) mass is 765 g/mol. The first kappa shape index (κ1) is 38.1. The number of rotatable bonds is 6. The minimum atomic E-state index is -0.814. The van der Waals surface area contributed by atoms with E-state index in [1.807, 2.05) is 30.9 Å². The van der Waals surface area contributed by atoms with Crippen molar-refractivity contribution in [1.29, 1.82) is 5.26 Å². The Morgan fingerprint density at radius 2 is 1.91 bits per heavy atom. The Hall–Kier alpha value is -4.59. The van der Waals surface area contributed by atoms with Gasteiger partial charge in [-0.15, -0.1) is 11.3 Å². The second-order valence-electron chi connectivity index (χ2n) is 12.6. The smallest absolute Gasteiger partial charge is 0.318 e. The van der Waals surface area contributed by atoms with Crippen LogP contribution in [-0.4, -0.2) is 72.9 Å². The van der Waals surface area contributed by atoms with E-state index in [0.717, 1.165) is 29.5 Å². The van der Waals surface area contributed by atoms with Gasteiger partial charge in [-0.2, -0.15) is 15.2 Å². The first-order valence-corrected chi connectivity index (χ1v) is 18.6. The van der Waals surface area contributed by atoms with Gasteiger partial charge in [-0.25, -0.2) is 19.2 Å². The zero-order valence-corrected chi connectivity index (χ0v) is 31.6. The number of nitrogen functional groups attached to an aromatic ring is 2. The number of nitrogens with two attached hydrogens (primary N) is 2. The lowest BCUT2D eigenvalue weighted by molar-refractivity contribution is 0.0687. The standard InChI is InChI=1S/C27H20ClF2N7O2S.C7H13N.C3H9NO/c1-11(12-4-3-7-34-24(12)32)37-8-9-39-22-18-21(35-27(38-2)36-26(18)37)20(30)17(19(22)28)13-5-6-15(29)23-16(13)14(10-31)25(33)40-23;1-3-7-4-2-6-8(7)5-1;1-3-5-4-2/h3-7,11H,8-9,33H2,1-2H3,(H2,32,34);7H,1-6H2;4H,3H2,1-2H3. The van der Waals surface area contributed by atoms with Gasteiger partial charge in [0.05, 0.1) is 47.0 Å². The molecule has 5 aromatic rings. The van der Waals surface area contributed by atoms with Crippen molar-refractivity contribution >= 4 is 60.6 Å². The SMILES string of the molecule is C1CC2CCCN2C1.CCONC.COc1nc2c3c(c(Cl)c(-c4ccc(F)c5sc(N)c(C#N)c45)c(F)c3n1)OCCN2C(C)c1cccnc1N. The summed E-state index contributed by atoms with van der Waals surface area (Å²) in [4.78, 5) is 22.2. The molecule has 5 N–H and O–H groups in total. The number of fused-ring (bicyclic) bond motifs is 2. The van der Waals surface area contributed by atoms with Crippen LogP contribution in [0.5, 0.6) is 11.8 Å². The van der Waals surface area contributed by atoms with Crippen molar-refractivity contribution in [2.45, 2.75) is 51.6 Å². The van der Waals surface area contributed by atoms with Crippen molar-refractivity contribution in [2.24, 2.45) is 0 Å². The Kier molecular flexibility index (Phi) is 12.0. The zero-order valence-electron chi connectivity index (χ0n) is 30.0. The van der Waals surface area contributed by atoms with Crippen LogP contribution >= 0.6 is 22.9 Å². The largest absolute Gasteiger partial charge is 0.489 e. The summed E-state index contributed by atoms with van der Waals surface area (Å²) in [7, 11) is 3.12. The number of anilines is 3. The van der Waals surface area contributed by atoms with Gasteiger partial charge in [-0.05, 0) is 70.3 Å². The molecule has 3 aliphatic rings. The van der Waals surface area contributed by atoms with Crippen LogP contribution in [0.1, 0.15) is 56.7 Å². The van der Waals surface area contributed by atoms with Crippen LogP contribution < -0.4 is 31.3 Å². The lowest BCUT2D eigenvalue weighted by atomic mass is 9.96. The number of halogens is 3. The summed E-state index contributed by atoms with van der Waals surface area (Å²) in [5.41, 5.74) is 15.4. The highest BCUT2D eigenvalue weighted by atomic mass is 35.5. The van der Waals surface area contributed by atoms with Crippen LogP contribution in [-0.2, 0) is 4.84 Å². The molecule has 3 aliphatic heterocycles. The number of nitriles is 1. The molecule has 1 atom stereocenters. The van der Waals surface area contributed by atoms with E-state index in [1.165, 1.54) is 58.0 Å². The Morgan fingerprint density at radius 3 is 2.53 bits per heavy atom. The van der Waals surface area contributed by atoms with Crippen LogP contribution in [0.3, 0.4) is 0 Å². The molecule has 0 saturated carbocycles. The van der Waals surface area contributed by atoms with Gasteiger partial charge in [0.15, 0.2) is 11.6 Å². The molecule has 12 nitrogen and oxygen atoms in total. The third-order valence-electron chi connectivity index (χ3n) is 9.73. The first-order valence-electron chi connectivity index (χ1n) is 17.4. The zero-order chi connectivity index (χ0) is 37.8. The van der Waals surface area contributed by atoms with E-state index in [-0.39, 0.29) is 72.1 Å². The van der Waals surface area contributed by atoms with E-state index in [1.54, 1.807) is 19.3 Å². The molecular weight excluding hydrogens is 724 g/mol. The second-order valence-corrected chi connectivity index (χ2v) is 14.1. The predicted octanol–water partition coefficient (Wildman–Crippen LogP) is 7.24. The first-order chi connectivity index (χ1) is 25.6. The van der Waals surface area contributed by atoms with E-state index in [2.05, 4.69) is 30.2 Å². The second kappa shape index (κ2) is 16.6. The molecule has 6 heterocycles. The van der Waals surface area contributed by atoms with E-state index in [4.69, 9.17) is 32.5 Å². The van der Waals surface area contributed by atoms with E-state index < -0.39 is 11.6 Å². The summed E-state index contributed by atoms with van der Waals surface area (Å²) in [6.07, 6.45) is 7.50. The Balaban J connectivity index is 0.000000310. The van der Waals surface area contributed by atoms with Crippen LogP contribution in [0.2, 0.25) is 5.02 Å². The Labute approximate surface area is 315 Å². The Bertz CT molecular complexity index is 2140. The number of pyridine rings is 1. The molecule has 2 fully saturated rings. The molecule has 1 unspecified atom stereocenters. The van der Waals surface area contributed by atoms with Crippen molar-refractivity contribution in [3.05, 3.63) is 58.2 Å². The summed E-state index contributed by atoms with van der Waals surface area (Å²) >= 11 is 7.79. The van der Waals surface area contributed by atoms with Crippen LogP contribution in [0.15, 0.2) is 30.5 Å². The highest BCUT2D eigenvalue weighted by Crippen LogP contribution is 2.51. The molecular formula is C37H42ClF2N9O3S. The van der Waals surface area contributed by atoms with E-state index >= 15 is 4.39 Å². The van der Waals surface area contributed by atoms with Gasteiger partial charge in [0.1, 0.15) is 40.6 Å². The third-order valence-corrected chi connectivity index (χ3v) is 11.1. The highest BCUT2D eigenvalue weighted by molar-refractivity contribution is 7.23. The van der Waals surface area contributed by atoms with Gasteiger partial charge in [0.25, 0.3) is 0 Å². The number of nitrogens with zero attached hydrogens (tertiary/aromatic N) is 6. The molecule has 2 aromatic carbocycles. The van der Waals surface area contributed by atoms with Gasteiger partial charge < -0.3 is 35.6 Å². The fraction of sp³-hybridized carbons (Fsp3) is 0.405. The predicted molar refractivity (Wildman–Crippen MR) is 205 cm³/mol. The molecule has 0 radical (unpaired) electrons. The van der Waals surface area contributed by atoms with Gasteiger partial charge >= 0.3 is 6.01 Å². The van der Waals surface area contributed by atoms with Crippen LogP contribution in [0.4, 0.5) is 25.4 Å². The maximum atomic E-state index is 16.6. The molecule has 2 saturated heterocycles. The normalized spacial score (nSPS) is 15.8. The summed E-state index contributed by atoms with van der Waals surface area (Å²) < 4.78 is 43.0. The number of hydrogen-bond donors (Lipinski definition) is 3. The topological polar surface area (TPSA) is 161 Å². The number of nitrogens with one attached hydrogen (secondary N) is 1. The molecule has 0 amide bonds. The summed E-state index contributed by atoms with van der Waals surface area (Å²) in [6.45, 7) is 7.87. The van der Waals surface area contributed by atoms with E-state index in [9.17, 15) is 9.65 Å². The highest BCUT2D eigenvalue weighted by Gasteiger charge is 2.33. The number of thiophene rings is 1. The lowest BCUT2D eigenvalue weighted by Crippen LogP contribution is -2.31. The number of methoxy groups -OCH3 is 1. The number of hydroxylamine groups is 1. The van der Waals surface area contributed by atoms with E-state index in [0.29, 0.717) is 18.2 Å². The van der Waals surface area contributed by atoms with Crippen molar-refractivity contribution in [3.63, 3.8) is 0 Å². The van der Waals surface area contributed by atoms with Crippen molar-refractivity contribution in [1.82, 2.24) is 25.3 Å². The molecule has 16 heteroatoms. The molecule has 8 rings (SSSR count). The quantitative estimate of drug-likeness (QED) is 0.149. The molecule has 3 aromatic heterocycles. The lowest BCUT2D eigenvalue weighted by Gasteiger charge is -2.30. The van der Waals surface area contributed by atoms with Crippen LogP contribution in [0, 0.1) is 23.0 Å². The van der Waals surface area contributed by atoms with Gasteiger partial charge in [-0.3, -0.25) is 0 Å². The van der Waals surface area contributed by atoms with Gasteiger partial charge in [0, 0.05) is 35.8 Å². The molecule has 0 aliphatic carbocycles. The van der Waals surface area contributed by atoms with Crippen molar-refractivity contribution in [3.8, 4) is 29.0 Å². The molecule has 53 heavy (non-hydrogen) atoms. The molecule has 0 spiro atoms. The average molecular weight is 766 g/mol. The third kappa shape index (κ3) is 7.34. The fourth-order valence-electron chi connectivity index (χ4n) is 7.29. The summed E-state index contributed by atoms with van der Waals surface area (Å²) in [5, 5.41) is 10.2. The number of benzene rings is 2. The summed E-state index contributed by atoms with van der Waals surface area (Å²) in [5.74, 6) is -0.570.